The molecule has 2 aromatic carbocycles. The minimum atomic E-state index is -3.74. The van der Waals surface area contributed by atoms with Gasteiger partial charge in [-0.3, -0.25) is 0 Å². The molecule has 0 aliphatic carbocycles. The zero-order valence-corrected chi connectivity index (χ0v) is 15.4. The molecule has 2 aromatic heterocycles. The molecule has 4 nitrogen and oxygen atoms in total. The maximum Gasteiger partial charge on any atom is 0.269 e. The number of rotatable bonds is 3. The van der Waals surface area contributed by atoms with Crippen molar-refractivity contribution in [3.8, 4) is 11.1 Å². The Morgan fingerprint density at radius 1 is 0.880 bits per heavy atom. The summed E-state index contributed by atoms with van der Waals surface area (Å²) in [6.45, 7) is 0. The van der Waals surface area contributed by atoms with Crippen molar-refractivity contribution in [3.63, 3.8) is 0 Å². The van der Waals surface area contributed by atoms with Gasteiger partial charge in [0.05, 0.1) is 4.90 Å². The average Bonchev–Trinajstić information content (AvgIpc) is 3.05. The summed E-state index contributed by atoms with van der Waals surface area (Å²) in [5.41, 5.74) is 2.15. The summed E-state index contributed by atoms with van der Waals surface area (Å²) < 4.78 is 28.3. The van der Waals surface area contributed by atoms with Gasteiger partial charge in [0.1, 0.15) is 0 Å². The molecule has 0 saturated heterocycles. The fourth-order valence-corrected chi connectivity index (χ4v) is 4.66. The van der Waals surface area contributed by atoms with Gasteiger partial charge >= 0.3 is 0 Å². The first-order chi connectivity index (χ1) is 12.1. The Hall–Kier alpha value is -2.44. The molecule has 2 heterocycles. The second kappa shape index (κ2) is 6.13. The van der Waals surface area contributed by atoms with Crippen LogP contribution in [0.25, 0.3) is 22.2 Å². The number of pyridine rings is 1. The lowest BCUT2D eigenvalue weighted by atomic mass is 10.1. The Morgan fingerprint density at radius 2 is 1.52 bits per heavy atom. The minimum absolute atomic E-state index is 0.230. The van der Waals surface area contributed by atoms with Crippen molar-refractivity contribution in [2.24, 2.45) is 0 Å². The van der Waals surface area contributed by atoms with Crippen molar-refractivity contribution in [3.05, 3.63) is 83.6 Å². The standard InChI is InChI=1S/C19H13BrN2O2S/c20-17-11-12-21-19-18(17)16(14-7-3-1-4-8-14)13-22(19)25(23,24)15-9-5-2-6-10-15/h1-13H. The lowest BCUT2D eigenvalue weighted by Crippen LogP contribution is -2.12. The van der Waals surface area contributed by atoms with Gasteiger partial charge in [-0.1, -0.05) is 48.5 Å². The third-order valence-corrected chi connectivity index (χ3v) is 6.31. The lowest BCUT2D eigenvalue weighted by Gasteiger charge is -2.06. The van der Waals surface area contributed by atoms with Gasteiger partial charge in [0.25, 0.3) is 10.0 Å². The van der Waals surface area contributed by atoms with Crippen LogP contribution in [0, 0.1) is 0 Å². The highest BCUT2D eigenvalue weighted by Gasteiger charge is 2.23. The summed E-state index contributed by atoms with van der Waals surface area (Å²) in [5.74, 6) is 0. The molecule has 0 bridgehead atoms. The van der Waals surface area contributed by atoms with Gasteiger partial charge in [-0.05, 0) is 39.7 Å². The van der Waals surface area contributed by atoms with Crippen LogP contribution in [0.1, 0.15) is 0 Å². The molecule has 4 rings (SSSR count). The van der Waals surface area contributed by atoms with Crippen LogP contribution in [0.15, 0.2) is 88.5 Å². The largest absolute Gasteiger partial charge is 0.269 e. The Kier molecular flexibility index (Phi) is 3.94. The topological polar surface area (TPSA) is 52.0 Å². The van der Waals surface area contributed by atoms with Crippen LogP contribution in [0.4, 0.5) is 0 Å². The van der Waals surface area contributed by atoms with Gasteiger partial charge in [0.15, 0.2) is 5.65 Å². The summed E-state index contributed by atoms with van der Waals surface area (Å²) in [4.78, 5) is 4.56. The van der Waals surface area contributed by atoms with E-state index in [0.717, 1.165) is 21.0 Å². The van der Waals surface area contributed by atoms with E-state index in [9.17, 15) is 8.42 Å². The Balaban J connectivity index is 2.06. The molecule has 6 heteroatoms. The van der Waals surface area contributed by atoms with Crippen molar-refractivity contribution >= 4 is 37.0 Å². The number of halogens is 1. The number of fused-ring (bicyclic) bond motifs is 1. The molecule has 0 aliphatic rings. The minimum Gasteiger partial charge on any atom is -0.237 e. The van der Waals surface area contributed by atoms with Gasteiger partial charge in [-0.2, -0.15) is 0 Å². The molecule has 124 valence electrons. The molecular formula is C19H13BrN2O2S. The van der Waals surface area contributed by atoms with E-state index >= 15 is 0 Å². The highest BCUT2D eigenvalue weighted by atomic mass is 79.9. The highest BCUT2D eigenvalue weighted by Crippen LogP contribution is 2.36. The number of aromatic nitrogens is 2. The van der Waals surface area contributed by atoms with E-state index in [1.54, 1.807) is 42.7 Å². The molecule has 0 aliphatic heterocycles. The Bertz CT molecular complexity index is 1150. The summed E-state index contributed by atoms with van der Waals surface area (Å²) >= 11 is 3.53. The van der Waals surface area contributed by atoms with Gasteiger partial charge < -0.3 is 0 Å². The van der Waals surface area contributed by atoms with E-state index in [1.807, 2.05) is 36.4 Å². The zero-order chi connectivity index (χ0) is 17.4. The smallest absolute Gasteiger partial charge is 0.237 e. The molecule has 0 saturated carbocycles. The van der Waals surface area contributed by atoms with E-state index in [0.29, 0.717) is 5.65 Å². The summed E-state index contributed by atoms with van der Waals surface area (Å²) in [5, 5.41) is 0.771. The van der Waals surface area contributed by atoms with E-state index in [1.165, 1.54) is 3.97 Å². The molecule has 0 unspecified atom stereocenters. The highest BCUT2D eigenvalue weighted by molar-refractivity contribution is 9.10. The van der Waals surface area contributed by atoms with Gasteiger partial charge in [-0.25, -0.2) is 17.4 Å². The first-order valence-electron chi connectivity index (χ1n) is 7.60. The van der Waals surface area contributed by atoms with Gasteiger partial charge in [-0.15, -0.1) is 0 Å². The van der Waals surface area contributed by atoms with E-state index in [4.69, 9.17) is 0 Å². The van der Waals surface area contributed by atoms with Crippen molar-refractivity contribution in [2.45, 2.75) is 4.90 Å². The number of hydrogen-bond donors (Lipinski definition) is 0. The second-order valence-electron chi connectivity index (χ2n) is 5.51. The third-order valence-electron chi connectivity index (χ3n) is 3.99. The van der Waals surface area contributed by atoms with Gasteiger partial charge in [0.2, 0.25) is 0 Å². The fraction of sp³-hybridized carbons (Fsp3) is 0. The van der Waals surface area contributed by atoms with Crippen LogP contribution in [-0.2, 0) is 10.0 Å². The van der Waals surface area contributed by atoms with Crippen LogP contribution >= 0.6 is 15.9 Å². The average molecular weight is 413 g/mol. The number of nitrogens with zero attached hydrogens (tertiary/aromatic N) is 2. The predicted molar refractivity (Wildman–Crippen MR) is 102 cm³/mol. The predicted octanol–water partition coefficient (Wildman–Crippen LogP) is 4.70. The quantitative estimate of drug-likeness (QED) is 0.489. The van der Waals surface area contributed by atoms with Gasteiger partial charge in [0, 0.05) is 27.8 Å². The van der Waals surface area contributed by atoms with Crippen LogP contribution in [0.5, 0.6) is 0 Å². The first kappa shape index (κ1) is 16.1. The molecule has 0 spiro atoms. The van der Waals surface area contributed by atoms with E-state index in [2.05, 4.69) is 20.9 Å². The molecule has 25 heavy (non-hydrogen) atoms. The van der Waals surface area contributed by atoms with E-state index in [-0.39, 0.29) is 4.90 Å². The Labute approximate surface area is 153 Å². The molecule has 4 aromatic rings. The third kappa shape index (κ3) is 2.67. The van der Waals surface area contributed by atoms with Crippen LogP contribution in [0.3, 0.4) is 0 Å². The SMILES string of the molecule is O=S(=O)(c1ccccc1)n1cc(-c2ccccc2)c2c(Br)ccnc21. The molecule has 0 N–H and O–H groups in total. The van der Waals surface area contributed by atoms with Crippen molar-refractivity contribution < 1.29 is 8.42 Å². The zero-order valence-electron chi connectivity index (χ0n) is 13.0. The maximum absolute atomic E-state index is 13.1. The monoisotopic (exact) mass is 412 g/mol. The van der Waals surface area contributed by atoms with Crippen molar-refractivity contribution in [1.29, 1.82) is 0 Å². The fourth-order valence-electron chi connectivity index (χ4n) is 2.81. The second-order valence-corrected chi connectivity index (χ2v) is 8.18. The molecule has 0 radical (unpaired) electrons. The molecule has 0 amide bonds. The lowest BCUT2D eigenvalue weighted by molar-refractivity contribution is 0.589. The first-order valence-corrected chi connectivity index (χ1v) is 9.84. The van der Waals surface area contributed by atoms with Crippen molar-refractivity contribution in [2.75, 3.05) is 0 Å². The normalized spacial score (nSPS) is 11.7. The van der Waals surface area contributed by atoms with Crippen LogP contribution in [-0.4, -0.2) is 17.4 Å². The molecule has 0 fully saturated rings. The van der Waals surface area contributed by atoms with Crippen LogP contribution in [0.2, 0.25) is 0 Å². The van der Waals surface area contributed by atoms with E-state index < -0.39 is 10.0 Å². The van der Waals surface area contributed by atoms with Crippen molar-refractivity contribution in [1.82, 2.24) is 8.96 Å². The number of benzene rings is 2. The summed E-state index contributed by atoms with van der Waals surface area (Å²) in [6, 6.07) is 19.9. The molecule has 0 atom stereocenters. The number of hydrogen-bond acceptors (Lipinski definition) is 3. The Morgan fingerprint density at radius 3 is 2.20 bits per heavy atom. The summed E-state index contributed by atoms with van der Waals surface area (Å²) in [7, 11) is -3.74. The van der Waals surface area contributed by atoms with Crippen LogP contribution < -0.4 is 0 Å². The molecular weight excluding hydrogens is 400 g/mol. The summed E-state index contributed by atoms with van der Waals surface area (Å²) in [6.07, 6.45) is 3.23. The maximum atomic E-state index is 13.1.